The molecule has 1 aromatic rings. The van der Waals surface area contributed by atoms with E-state index in [1.165, 1.54) is 0 Å². The summed E-state index contributed by atoms with van der Waals surface area (Å²) >= 11 is 0. The number of hydrogen-bond donors (Lipinski definition) is 1. The Labute approximate surface area is 132 Å². The largest absolute Gasteiger partial charge is 0.352 e. The minimum absolute atomic E-state index is 0.00318. The molecule has 0 radical (unpaired) electrons. The normalized spacial score (nSPS) is 15.5. The number of amides is 2. The maximum atomic E-state index is 12.3. The summed E-state index contributed by atoms with van der Waals surface area (Å²) in [5.41, 5.74) is 1.10. The van der Waals surface area contributed by atoms with Crippen molar-refractivity contribution in [1.82, 2.24) is 15.1 Å². The predicted molar refractivity (Wildman–Crippen MR) is 86.3 cm³/mol. The van der Waals surface area contributed by atoms with E-state index >= 15 is 0 Å². The molecule has 1 fully saturated rings. The highest BCUT2D eigenvalue weighted by atomic mass is 16.2. The van der Waals surface area contributed by atoms with Gasteiger partial charge in [0, 0.05) is 13.1 Å². The molecule has 120 valence electrons. The van der Waals surface area contributed by atoms with Gasteiger partial charge in [-0.1, -0.05) is 30.3 Å². The average molecular weight is 303 g/mol. The summed E-state index contributed by atoms with van der Waals surface area (Å²) in [6.45, 7) is 2.51. The van der Waals surface area contributed by atoms with E-state index in [9.17, 15) is 9.59 Å². The van der Waals surface area contributed by atoms with Gasteiger partial charge < -0.3 is 10.2 Å². The van der Waals surface area contributed by atoms with Crippen LogP contribution in [0, 0.1) is 0 Å². The van der Waals surface area contributed by atoms with Crippen LogP contribution < -0.4 is 5.32 Å². The van der Waals surface area contributed by atoms with Crippen LogP contribution in [0.5, 0.6) is 0 Å². The standard InChI is InChI=1S/C17H25N3O2/c1-13(14-7-5-4-6-8-14)20(3)17(22)12-19(2)11-16(21)18-15-9-10-15/h4-8,13,15H,9-12H2,1-3H3,(H,18,21)/t13-/m1/s1. The zero-order valence-corrected chi connectivity index (χ0v) is 13.6. The second kappa shape index (κ2) is 7.40. The van der Waals surface area contributed by atoms with E-state index in [0.29, 0.717) is 6.04 Å². The maximum absolute atomic E-state index is 12.3. The molecule has 5 heteroatoms. The molecule has 1 aliphatic rings. The predicted octanol–water partition coefficient (Wildman–Crippen LogP) is 1.42. The van der Waals surface area contributed by atoms with Gasteiger partial charge in [0.1, 0.15) is 0 Å². The van der Waals surface area contributed by atoms with Crippen molar-refractivity contribution in [2.75, 3.05) is 27.2 Å². The molecular formula is C17H25N3O2. The van der Waals surface area contributed by atoms with Gasteiger partial charge in [0.05, 0.1) is 19.1 Å². The Bertz CT molecular complexity index is 514. The quantitative estimate of drug-likeness (QED) is 0.829. The summed E-state index contributed by atoms with van der Waals surface area (Å²) in [6.07, 6.45) is 2.15. The van der Waals surface area contributed by atoms with Crippen molar-refractivity contribution in [3.63, 3.8) is 0 Å². The number of hydrogen-bond acceptors (Lipinski definition) is 3. The van der Waals surface area contributed by atoms with Gasteiger partial charge in [0.15, 0.2) is 0 Å². The van der Waals surface area contributed by atoms with E-state index in [2.05, 4.69) is 5.32 Å². The van der Waals surface area contributed by atoms with E-state index in [1.807, 2.05) is 37.3 Å². The second-order valence-corrected chi connectivity index (χ2v) is 6.11. The van der Waals surface area contributed by atoms with E-state index < -0.39 is 0 Å². The minimum atomic E-state index is -0.00318. The Kier molecular flexibility index (Phi) is 5.55. The van der Waals surface area contributed by atoms with Gasteiger partial charge in [-0.3, -0.25) is 14.5 Å². The third kappa shape index (κ3) is 4.84. The zero-order chi connectivity index (χ0) is 16.1. The van der Waals surface area contributed by atoms with Crippen molar-refractivity contribution < 1.29 is 9.59 Å². The molecule has 2 rings (SSSR count). The van der Waals surface area contributed by atoms with Crippen LogP contribution in [0.15, 0.2) is 30.3 Å². The van der Waals surface area contributed by atoms with Crippen LogP contribution in [-0.2, 0) is 9.59 Å². The first-order valence-electron chi connectivity index (χ1n) is 7.76. The molecule has 5 nitrogen and oxygen atoms in total. The van der Waals surface area contributed by atoms with Crippen molar-refractivity contribution in [3.05, 3.63) is 35.9 Å². The second-order valence-electron chi connectivity index (χ2n) is 6.11. The number of carbonyl (C=O) groups excluding carboxylic acids is 2. The van der Waals surface area contributed by atoms with Gasteiger partial charge in [0.25, 0.3) is 0 Å². The Morgan fingerprint density at radius 2 is 1.82 bits per heavy atom. The van der Waals surface area contributed by atoms with E-state index in [1.54, 1.807) is 23.9 Å². The van der Waals surface area contributed by atoms with Crippen molar-refractivity contribution in [2.45, 2.75) is 31.8 Å². The molecule has 0 heterocycles. The van der Waals surface area contributed by atoms with Gasteiger partial charge in [-0.25, -0.2) is 0 Å². The summed E-state index contributed by atoms with van der Waals surface area (Å²) in [7, 11) is 3.60. The van der Waals surface area contributed by atoms with Gasteiger partial charge >= 0.3 is 0 Å². The molecule has 0 unspecified atom stereocenters. The van der Waals surface area contributed by atoms with Crippen molar-refractivity contribution in [3.8, 4) is 0 Å². The third-order valence-corrected chi connectivity index (χ3v) is 4.02. The van der Waals surface area contributed by atoms with Crippen LogP contribution in [0.2, 0.25) is 0 Å². The van der Waals surface area contributed by atoms with Crippen molar-refractivity contribution in [2.24, 2.45) is 0 Å². The number of carbonyl (C=O) groups is 2. The Hall–Kier alpha value is -1.88. The lowest BCUT2D eigenvalue weighted by Crippen LogP contribution is -2.42. The molecule has 0 bridgehead atoms. The number of likely N-dealkylation sites (N-methyl/N-ethyl adjacent to an activating group) is 2. The zero-order valence-electron chi connectivity index (χ0n) is 13.6. The van der Waals surface area contributed by atoms with E-state index in [4.69, 9.17) is 0 Å². The molecule has 0 aromatic heterocycles. The molecule has 1 aliphatic carbocycles. The fourth-order valence-corrected chi connectivity index (χ4v) is 2.32. The smallest absolute Gasteiger partial charge is 0.236 e. The van der Waals surface area contributed by atoms with Crippen LogP contribution in [0.3, 0.4) is 0 Å². The van der Waals surface area contributed by atoms with Crippen LogP contribution in [-0.4, -0.2) is 54.8 Å². The highest BCUT2D eigenvalue weighted by molar-refractivity contribution is 5.81. The number of nitrogens with one attached hydrogen (secondary N) is 1. The van der Waals surface area contributed by atoms with Gasteiger partial charge in [-0.15, -0.1) is 0 Å². The monoisotopic (exact) mass is 303 g/mol. The first kappa shape index (κ1) is 16.5. The summed E-state index contributed by atoms with van der Waals surface area (Å²) in [6, 6.07) is 10.3. The lowest BCUT2D eigenvalue weighted by molar-refractivity contribution is -0.133. The SMILES string of the molecule is C[C@H](c1ccccc1)N(C)C(=O)CN(C)CC(=O)NC1CC1. The fraction of sp³-hybridized carbons (Fsp3) is 0.529. The maximum Gasteiger partial charge on any atom is 0.236 e. The van der Waals surface area contributed by atoms with Crippen LogP contribution in [0.25, 0.3) is 0 Å². The number of rotatable bonds is 7. The Morgan fingerprint density at radius 1 is 1.18 bits per heavy atom. The van der Waals surface area contributed by atoms with Crippen LogP contribution >= 0.6 is 0 Å². The highest BCUT2D eigenvalue weighted by Gasteiger charge is 2.24. The lowest BCUT2D eigenvalue weighted by Gasteiger charge is -2.27. The molecular weight excluding hydrogens is 278 g/mol. The molecule has 22 heavy (non-hydrogen) atoms. The number of nitrogens with zero attached hydrogens (tertiary/aromatic N) is 2. The molecule has 0 saturated heterocycles. The van der Waals surface area contributed by atoms with Gasteiger partial charge in [0.2, 0.25) is 11.8 Å². The minimum Gasteiger partial charge on any atom is -0.352 e. The summed E-state index contributed by atoms with van der Waals surface area (Å²) < 4.78 is 0. The molecule has 1 N–H and O–H groups in total. The molecule has 0 aliphatic heterocycles. The fourth-order valence-electron chi connectivity index (χ4n) is 2.32. The summed E-state index contributed by atoms with van der Waals surface area (Å²) in [4.78, 5) is 27.6. The molecule has 2 amide bonds. The molecule has 1 atom stereocenters. The Morgan fingerprint density at radius 3 is 2.41 bits per heavy atom. The molecule has 1 aromatic carbocycles. The average Bonchev–Trinajstić information content (AvgIpc) is 3.30. The number of benzene rings is 1. The van der Waals surface area contributed by atoms with Crippen LogP contribution in [0.4, 0.5) is 0 Å². The summed E-state index contributed by atoms with van der Waals surface area (Å²) in [5.74, 6) is 0.00892. The van der Waals surface area contributed by atoms with Crippen molar-refractivity contribution in [1.29, 1.82) is 0 Å². The van der Waals surface area contributed by atoms with Crippen molar-refractivity contribution >= 4 is 11.8 Å². The highest BCUT2D eigenvalue weighted by Crippen LogP contribution is 2.19. The third-order valence-electron chi connectivity index (χ3n) is 4.02. The van der Waals surface area contributed by atoms with Gasteiger partial charge in [-0.2, -0.15) is 0 Å². The Balaban J connectivity index is 1.80. The van der Waals surface area contributed by atoms with Crippen LogP contribution in [0.1, 0.15) is 31.4 Å². The van der Waals surface area contributed by atoms with E-state index in [-0.39, 0.29) is 30.9 Å². The lowest BCUT2D eigenvalue weighted by atomic mass is 10.1. The van der Waals surface area contributed by atoms with E-state index in [0.717, 1.165) is 18.4 Å². The topological polar surface area (TPSA) is 52.7 Å². The first-order valence-corrected chi connectivity index (χ1v) is 7.76. The summed E-state index contributed by atoms with van der Waals surface area (Å²) in [5, 5.41) is 2.93. The molecule has 1 saturated carbocycles. The molecule has 0 spiro atoms. The first-order chi connectivity index (χ1) is 10.5. The van der Waals surface area contributed by atoms with Gasteiger partial charge in [-0.05, 0) is 32.4 Å².